The maximum atomic E-state index is 13.1. The number of ether oxygens (including phenoxy) is 2. The van der Waals surface area contributed by atoms with Crippen molar-refractivity contribution in [2.75, 3.05) is 6.61 Å². The highest BCUT2D eigenvalue weighted by atomic mass is 35.5. The Labute approximate surface area is 144 Å². The smallest absolute Gasteiger partial charge is 0.344 e. The van der Waals surface area contributed by atoms with E-state index in [0.717, 1.165) is 24.8 Å². The van der Waals surface area contributed by atoms with Gasteiger partial charge in [0.25, 0.3) is 0 Å². The lowest BCUT2D eigenvalue weighted by atomic mass is 9.97. The van der Waals surface area contributed by atoms with Gasteiger partial charge in [-0.3, -0.25) is 4.98 Å². The van der Waals surface area contributed by atoms with Crippen LogP contribution in [0, 0.1) is 5.82 Å². The van der Waals surface area contributed by atoms with Crippen LogP contribution in [0.4, 0.5) is 4.39 Å². The molecule has 0 amide bonds. The van der Waals surface area contributed by atoms with Crippen LogP contribution in [0.1, 0.15) is 30.7 Å². The first-order chi connectivity index (χ1) is 11.6. The molecule has 2 aromatic rings. The second-order valence-electron chi connectivity index (χ2n) is 5.72. The van der Waals surface area contributed by atoms with Gasteiger partial charge < -0.3 is 9.47 Å². The lowest BCUT2D eigenvalue weighted by Crippen LogP contribution is -2.24. The van der Waals surface area contributed by atoms with Crippen molar-refractivity contribution in [1.29, 1.82) is 0 Å². The fraction of sp³-hybridized carbons (Fsp3) is 0.333. The molecule has 0 spiro atoms. The van der Waals surface area contributed by atoms with E-state index in [4.69, 9.17) is 21.1 Å². The van der Waals surface area contributed by atoms with Crippen LogP contribution < -0.4 is 4.74 Å². The summed E-state index contributed by atoms with van der Waals surface area (Å²) in [6, 6.07) is 7.83. The van der Waals surface area contributed by atoms with Gasteiger partial charge in [0, 0.05) is 24.4 Å². The van der Waals surface area contributed by atoms with Crippen LogP contribution in [0.2, 0.25) is 5.02 Å². The molecule has 0 saturated heterocycles. The van der Waals surface area contributed by atoms with Crippen molar-refractivity contribution >= 4 is 17.6 Å². The third kappa shape index (κ3) is 4.03. The minimum absolute atomic E-state index is 0.0479. The summed E-state index contributed by atoms with van der Waals surface area (Å²) in [6.07, 6.45) is 6.18. The number of rotatable bonds is 5. The van der Waals surface area contributed by atoms with Crippen molar-refractivity contribution in [3.63, 3.8) is 0 Å². The highest BCUT2D eigenvalue weighted by molar-refractivity contribution is 6.30. The van der Waals surface area contributed by atoms with Crippen LogP contribution in [0.25, 0.3) is 0 Å². The number of halogens is 2. The number of esters is 1. The van der Waals surface area contributed by atoms with Crippen LogP contribution in [-0.2, 0) is 9.53 Å². The number of aromatic nitrogens is 1. The van der Waals surface area contributed by atoms with Crippen molar-refractivity contribution in [1.82, 2.24) is 4.98 Å². The maximum Gasteiger partial charge on any atom is 0.344 e. The number of pyridine rings is 1. The first kappa shape index (κ1) is 16.7. The van der Waals surface area contributed by atoms with Gasteiger partial charge in [0.15, 0.2) is 6.61 Å². The Hall–Kier alpha value is -2.14. The minimum Gasteiger partial charge on any atom is -0.482 e. The molecule has 1 fully saturated rings. The number of hydrogen-bond acceptors (Lipinski definition) is 4. The average molecular weight is 350 g/mol. The summed E-state index contributed by atoms with van der Waals surface area (Å²) in [6.45, 7) is -0.238. The summed E-state index contributed by atoms with van der Waals surface area (Å²) >= 11 is 5.68. The van der Waals surface area contributed by atoms with E-state index in [2.05, 4.69) is 4.98 Å². The number of nitrogens with zero attached hydrogens (tertiary/aromatic N) is 1. The molecule has 1 aromatic heterocycles. The van der Waals surface area contributed by atoms with E-state index in [1.54, 1.807) is 6.20 Å². The van der Waals surface area contributed by atoms with E-state index >= 15 is 0 Å². The zero-order chi connectivity index (χ0) is 16.9. The lowest BCUT2D eigenvalue weighted by Gasteiger charge is -2.20. The van der Waals surface area contributed by atoms with Gasteiger partial charge in [-0.25, -0.2) is 9.18 Å². The van der Waals surface area contributed by atoms with Crippen molar-refractivity contribution < 1.29 is 18.7 Å². The fourth-order valence-electron chi connectivity index (χ4n) is 2.96. The molecular weight excluding hydrogens is 333 g/mol. The number of hydrogen-bond donors (Lipinski definition) is 0. The molecule has 24 heavy (non-hydrogen) atoms. The van der Waals surface area contributed by atoms with Gasteiger partial charge in [0.05, 0.1) is 5.02 Å². The van der Waals surface area contributed by atoms with Gasteiger partial charge in [0.1, 0.15) is 17.7 Å². The van der Waals surface area contributed by atoms with Gasteiger partial charge in [-0.15, -0.1) is 0 Å². The summed E-state index contributed by atoms with van der Waals surface area (Å²) in [5.74, 6) is -0.482. The summed E-state index contributed by atoms with van der Waals surface area (Å²) in [5, 5.41) is -0.0479. The first-order valence-electron chi connectivity index (χ1n) is 7.81. The van der Waals surface area contributed by atoms with Gasteiger partial charge >= 0.3 is 5.97 Å². The van der Waals surface area contributed by atoms with Crippen LogP contribution in [-0.4, -0.2) is 23.7 Å². The Bertz CT molecular complexity index is 711. The van der Waals surface area contributed by atoms with Gasteiger partial charge in [-0.2, -0.15) is 0 Å². The molecule has 6 heteroatoms. The molecule has 1 aliphatic carbocycles. The van der Waals surface area contributed by atoms with E-state index in [0.29, 0.717) is 5.75 Å². The third-order valence-corrected chi connectivity index (χ3v) is 4.39. The van der Waals surface area contributed by atoms with Gasteiger partial charge in [0.2, 0.25) is 0 Å². The normalized spacial score (nSPS) is 19.9. The molecule has 1 heterocycles. The molecule has 4 nitrogen and oxygen atoms in total. The van der Waals surface area contributed by atoms with Crippen molar-refractivity contribution in [3.05, 3.63) is 59.1 Å². The highest BCUT2D eigenvalue weighted by Crippen LogP contribution is 2.36. The average Bonchev–Trinajstić information content (AvgIpc) is 3.05. The molecule has 1 saturated carbocycles. The quantitative estimate of drug-likeness (QED) is 0.761. The molecule has 0 bridgehead atoms. The highest BCUT2D eigenvalue weighted by Gasteiger charge is 2.31. The van der Waals surface area contributed by atoms with Crippen LogP contribution in [0.3, 0.4) is 0 Å². The Morgan fingerprint density at radius 3 is 2.96 bits per heavy atom. The third-order valence-electron chi connectivity index (χ3n) is 4.10. The summed E-state index contributed by atoms with van der Waals surface area (Å²) in [5.41, 5.74) is 1.08. The lowest BCUT2D eigenvalue weighted by molar-refractivity contribution is -0.151. The molecular formula is C18H17ClFNO3. The Morgan fingerprint density at radius 1 is 1.33 bits per heavy atom. The Morgan fingerprint density at radius 2 is 2.21 bits per heavy atom. The van der Waals surface area contributed by atoms with Crippen LogP contribution >= 0.6 is 11.6 Å². The summed E-state index contributed by atoms with van der Waals surface area (Å²) < 4.78 is 24.0. The SMILES string of the molecule is O=C(COc1ccc(F)c(Cl)c1)OC1CCCC1c1cccnc1. The van der Waals surface area contributed by atoms with E-state index < -0.39 is 11.8 Å². The minimum atomic E-state index is -0.531. The number of carbonyl (C=O) groups excluding carboxylic acids is 1. The maximum absolute atomic E-state index is 13.1. The molecule has 0 aliphatic heterocycles. The van der Waals surface area contributed by atoms with E-state index in [1.807, 2.05) is 18.3 Å². The Kier molecular flexibility index (Phi) is 5.30. The Balaban J connectivity index is 1.55. The molecule has 3 rings (SSSR count). The molecule has 126 valence electrons. The monoisotopic (exact) mass is 349 g/mol. The molecule has 0 N–H and O–H groups in total. The van der Waals surface area contributed by atoms with Crippen molar-refractivity contribution in [2.45, 2.75) is 31.3 Å². The van der Waals surface area contributed by atoms with Crippen LogP contribution in [0.15, 0.2) is 42.7 Å². The standard InChI is InChI=1S/C18H17ClFNO3/c19-15-9-13(6-7-16(15)20)23-11-18(22)24-17-5-1-4-14(17)12-3-2-8-21-10-12/h2-3,6-10,14,17H,1,4-5,11H2. The molecule has 2 unspecified atom stereocenters. The van der Waals surface area contributed by atoms with Crippen LogP contribution in [0.5, 0.6) is 5.75 Å². The fourth-order valence-corrected chi connectivity index (χ4v) is 3.13. The van der Waals surface area contributed by atoms with E-state index in [1.165, 1.54) is 18.2 Å². The summed E-state index contributed by atoms with van der Waals surface area (Å²) in [4.78, 5) is 16.2. The number of benzene rings is 1. The predicted molar refractivity (Wildman–Crippen MR) is 87.6 cm³/mol. The molecule has 1 aromatic carbocycles. The van der Waals surface area contributed by atoms with Crippen molar-refractivity contribution in [3.8, 4) is 5.75 Å². The van der Waals surface area contributed by atoms with E-state index in [9.17, 15) is 9.18 Å². The molecule has 0 radical (unpaired) electrons. The second kappa shape index (κ2) is 7.62. The van der Waals surface area contributed by atoms with Gasteiger partial charge in [-0.05, 0) is 43.0 Å². The van der Waals surface area contributed by atoms with E-state index in [-0.39, 0.29) is 23.7 Å². The largest absolute Gasteiger partial charge is 0.482 e. The zero-order valence-corrected chi connectivity index (χ0v) is 13.7. The van der Waals surface area contributed by atoms with Crippen molar-refractivity contribution in [2.24, 2.45) is 0 Å². The summed E-state index contributed by atoms with van der Waals surface area (Å²) in [7, 11) is 0. The first-order valence-corrected chi connectivity index (χ1v) is 8.18. The van der Waals surface area contributed by atoms with Gasteiger partial charge in [-0.1, -0.05) is 17.7 Å². The zero-order valence-electron chi connectivity index (χ0n) is 13.0. The topological polar surface area (TPSA) is 48.4 Å². The molecule has 1 aliphatic rings. The molecule has 2 atom stereocenters. The number of carbonyl (C=O) groups is 1. The second-order valence-corrected chi connectivity index (χ2v) is 6.12. The predicted octanol–water partition coefficient (Wildman–Crippen LogP) is 4.13.